The second-order valence-electron chi connectivity index (χ2n) is 8.25. The summed E-state index contributed by atoms with van der Waals surface area (Å²) in [7, 11) is 1.58. The van der Waals surface area contributed by atoms with E-state index in [4.69, 9.17) is 25.5 Å². The average molecular weight is 522 g/mol. The topological polar surface area (TPSA) is 78.9 Å². The van der Waals surface area contributed by atoms with Crippen molar-refractivity contribution in [1.29, 1.82) is 0 Å². The summed E-state index contributed by atoms with van der Waals surface area (Å²) in [6.45, 7) is 2.40. The summed E-state index contributed by atoms with van der Waals surface area (Å²) in [4.78, 5) is 13.4. The summed E-state index contributed by atoms with van der Waals surface area (Å²) >= 11 is 7.78. The molecular formula is C27H24ClN3O4S. The van der Waals surface area contributed by atoms with Crippen LogP contribution in [0.15, 0.2) is 75.2 Å². The molecule has 0 N–H and O–H groups in total. The fourth-order valence-corrected chi connectivity index (χ4v) is 4.93. The maximum atomic E-state index is 13.4. The predicted octanol–water partition coefficient (Wildman–Crippen LogP) is 6.42. The summed E-state index contributed by atoms with van der Waals surface area (Å²) < 4.78 is 19.4. The van der Waals surface area contributed by atoms with E-state index in [-0.39, 0.29) is 11.2 Å². The van der Waals surface area contributed by atoms with Crippen LogP contribution in [0.1, 0.15) is 18.4 Å². The third-order valence-electron chi connectivity index (χ3n) is 5.74. The number of thioether (sulfide) groups is 1. The number of aryl methyl sites for hydroxylation is 1. The number of rotatable bonds is 9. The molecule has 36 heavy (non-hydrogen) atoms. The fraction of sp³-hybridized carbons (Fsp3) is 0.222. The lowest BCUT2D eigenvalue weighted by Gasteiger charge is -2.12. The molecule has 3 heterocycles. The summed E-state index contributed by atoms with van der Waals surface area (Å²) in [5, 5.41) is 10.2. The Kier molecular flexibility index (Phi) is 7.16. The number of hydrogen-bond acceptors (Lipinski definition) is 7. The lowest BCUT2D eigenvalue weighted by atomic mass is 10.1. The number of aromatic nitrogens is 3. The highest BCUT2D eigenvalue weighted by molar-refractivity contribution is 7.99. The number of nitrogens with zero attached hydrogens (tertiary/aromatic N) is 3. The molecule has 0 spiro atoms. The minimum absolute atomic E-state index is 0.198. The highest BCUT2D eigenvalue weighted by Crippen LogP contribution is 2.32. The van der Waals surface area contributed by atoms with Crippen molar-refractivity contribution in [3.05, 3.63) is 81.6 Å². The molecule has 0 fully saturated rings. The third-order valence-corrected chi connectivity index (χ3v) is 7.07. The van der Waals surface area contributed by atoms with Crippen LogP contribution in [-0.4, -0.2) is 34.1 Å². The fourth-order valence-electron chi connectivity index (χ4n) is 3.81. The normalized spacial score (nSPS) is 11.3. The zero-order valence-electron chi connectivity index (χ0n) is 19.9. The molecule has 0 unspecified atom stereocenters. The van der Waals surface area contributed by atoms with Gasteiger partial charge in [0.25, 0.3) is 0 Å². The zero-order valence-corrected chi connectivity index (χ0v) is 21.4. The molecule has 5 aromatic rings. The lowest BCUT2D eigenvalue weighted by Crippen LogP contribution is -2.11. The Balaban J connectivity index is 1.30. The molecular weight excluding hydrogens is 498 g/mol. The van der Waals surface area contributed by atoms with E-state index in [0.717, 1.165) is 34.9 Å². The van der Waals surface area contributed by atoms with Gasteiger partial charge in [-0.15, -0.1) is 10.2 Å². The molecule has 9 heteroatoms. The van der Waals surface area contributed by atoms with Gasteiger partial charge in [-0.3, -0.25) is 9.20 Å². The molecule has 0 aliphatic rings. The van der Waals surface area contributed by atoms with E-state index < -0.39 is 0 Å². The van der Waals surface area contributed by atoms with E-state index in [1.165, 1.54) is 0 Å². The van der Waals surface area contributed by atoms with Gasteiger partial charge in [-0.25, -0.2) is 0 Å². The standard InChI is InChI=1S/C27H24ClN3O4S/c1-17-7-9-18(10-8-17)24-25(23(32)20-12-11-19(33-2)16-22(20)35-24)34-14-3-4-15-36-27-30-29-26-21(28)6-5-13-31(26)27/h5-13,16H,3-4,14-15H2,1-2H3. The Hall–Kier alpha value is -3.49. The monoisotopic (exact) mass is 521 g/mol. The van der Waals surface area contributed by atoms with Gasteiger partial charge in [0.15, 0.2) is 16.6 Å². The van der Waals surface area contributed by atoms with Gasteiger partial charge < -0.3 is 13.9 Å². The van der Waals surface area contributed by atoms with E-state index in [1.807, 2.05) is 47.9 Å². The molecule has 2 aromatic carbocycles. The first kappa shape index (κ1) is 24.2. The van der Waals surface area contributed by atoms with Crippen LogP contribution in [0.25, 0.3) is 27.9 Å². The Morgan fingerprint density at radius 1 is 1.08 bits per heavy atom. The van der Waals surface area contributed by atoms with Crippen LogP contribution in [0.4, 0.5) is 0 Å². The average Bonchev–Trinajstić information content (AvgIpc) is 3.31. The molecule has 0 bridgehead atoms. The third kappa shape index (κ3) is 4.92. The first-order valence-electron chi connectivity index (χ1n) is 11.5. The number of benzene rings is 2. The molecule has 184 valence electrons. The second kappa shape index (κ2) is 10.6. The number of ether oxygens (including phenoxy) is 2. The van der Waals surface area contributed by atoms with Crippen LogP contribution in [0.5, 0.6) is 11.5 Å². The maximum absolute atomic E-state index is 13.4. The van der Waals surface area contributed by atoms with Crippen LogP contribution in [0, 0.1) is 6.92 Å². The molecule has 0 aliphatic heterocycles. The van der Waals surface area contributed by atoms with Crippen molar-refractivity contribution in [2.75, 3.05) is 19.5 Å². The van der Waals surface area contributed by atoms with Crippen LogP contribution in [-0.2, 0) is 0 Å². The van der Waals surface area contributed by atoms with E-state index in [2.05, 4.69) is 10.2 Å². The second-order valence-corrected chi connectivity index (χ2v) is 9.72. The summed E-state index contributed by atoms with van der Waals surface area (Å²) in [5.74, 6) is 2.09. The molecule has 0 radical (unpaired) electrons. The van der Waals surface area contributed by atoms with Crippen LogP contribution >= 0.6 is 23.4 Å². The molecule has 0 saturated carbocycles. The smallest absolute Gasteiger partial charge is 0.235 e. The van der Waals surface area contributed by atoms with Crippen LogP contribution < -0.4 is 14.9 Å². The predicted molar refractivity (Wildman–Crippen MR) is 143 cm³/mol. The minimum atomic E-state index is -0.198. The molecule has 0 aliphatic carbocycles. The van der Waals surface area contributed by atoms with E-state index in [1.54, 1.807) is 43.1 Å². The number of methoxy groups -OCH3 is 1. The van der Waals surface area contributed by atoms with Crippen molar-refractivity contribution < 1.29 is 13.9 Å². The van der Waals surface area contributed by atoms with Gasteiger partial charge in [0, 0.05) is 23.6 Å². The van der Waals surface area contributed by atoms with E-state index in [0.29, 0.717) is 39.8 Å². The first-order chi connectivity index (χ1) is 17.5. The number of fused-ring (bicyclic) bond motifs is 2. The molecule has 0 saturated heterocycles. The van der Waals surface area contributed by atoms with Gasteiger partial charge in [-0.2, -0.15) is 0 Å². The minimum Gasteiger partial charge on any atom is -0.497 e. The summed E-state index contributed by atoms with van der Waals surface area (Å²) in [6, 6.07) is 16.6. The number of halogens is 1. The number of pyridine rings is 1. The molecule has 0 amide bonds. The summed E-state index contributed by atoms with van der Waals surface area (Å²) in [5.41, 5.74) is 2.81. The van der Waals surface area contributed by atoms with Gasteiger partial charge >= 0.3 is 0 Å². The van der Waals surface area contributed by atoms with Crippen molar-refractivity contribution in [1.82, 2.24) is 14.6 Å². The Morgan fingerprint density at radius 3 is 2.72 bits per heavy atom. The highest BCUT2D eigenvalue weighted by atomic mass is 35.5. The Labute approximate surface area is 217 Å². The molecule has 3 aromatic heterocycles. The molecule has 7 nitrogen and oxygen atoms in total. The lowest BCUT2D eigenvalue weighted by molar-refractivity contribution is 0.302. The SMILES string of the molecule is COc1ccc2c(=O)c(OCCCCSc3nnc4c(Cl)cccn34)c(-c3ccc(C)cc3)oc2c1. The Bertz CT molecular complexity index is 1580. The number of hydrogen-bond donors (Lipinski definition) is 0. The van der Waals surface area contributed by atoms with Crippen molar-refractivity contribution in [2.45, 2.75) is 24.9 Å². The zero-order chi connectivity index (χ0) is 25.1. The van der Waals surface area contributed by atoms with Gasteiger partial charge in [0.2, 0.25) is 11.2 Å². The van der Waals surface area contributed by atoms with Gasteiger partial charge in [0.05, 0.1) is 24.1 Å². The quantitative estimate of drug-likeness (QED) is 0.163. The summed E-state index contributed by atoms with van der Waals surface area (Å²) in [6.07, 6.45) is 3.53. The number of unbranched alkanes of at least 4 members (excludes halogenated alkanes) is 1. The van der Waals surface area contributed by atoms with Crippen LogP contribution in [0.2, 0.25) is 5.02 Å². The van der Waals surface area contributed by atoms with Crippen molar-refractivity contribution in [2.24, 2.45) is 0 Å². The van der Waals surface area contributed by atoms with Crippen molar-refractivity contribution in [3.8, 4) is 22.8 Å². The molecule has 5 rings (SSSR count). The van der Waals surface area contributed by atoms with E-state index >= 15 is 0 Å². The van der Waals surface area contributed by atoms with Crippen molar-refractivity contribution >= 4 is 40.0 Å². The van der Waals surface area contributed by atoms with Gasteiger partial charge in [0.1, 0.15) is 11.3 Å². The largest absolute Gasteiger partial charge is 0.497 e. The maximum Gasteiger partial charge on any atom is 0.235 e. The Morgan fingerprint density at radius 2 is 1.92 bits per heavy atom. The van der Waals surface area contributed by atoms with Crippen molar-refractivity contribution in [3.63, 3.8) is 0 Å². The van der Waals surface area contributed by atoms with E-state index in [9.17, 15) is 4.79 Å². The van der Waals surface area contributed by atoms with Gasteiger partial charge in [-0.1, -0.05) is 53.2 Å². The highest BCUT2D eigenvalue weighted by Gasteiger charge is 2.18. The molecule has 0 atom stereocenters. The first-order valence-corrected chi connectivity index (χ1v) is 12.9. The van der Waals surface area contributed by atoms with Crippen LogP contribution in [0.3, 0.4) is 0 Å². The van der Waals surface area contributed by atoms with Gasteiger partial charge in [-0.05, 0) is 44.0 Å².